The van der Waals surface area contributed by atoms with Crippen LogP contribution in [0, 0.1) is 35.7 Å². The van der Waals surface area contributed by atoms with E-state index in [0.717, 1.165) is 22.6 Å². The number of benzene rings is 2. The summed E-state index contributed by atoms with van der Waals surface area (Å²) in [7, 11) is 1.58. The van der Waals surface area contributed by atoms with Crippen LogP contribution in [-0.2, 0) is 4.79 Å². The Balaban J connectivity index is 1.91. The number of hydrogen-bond acceptors (Lipinski definition) is 3. The van der Waals surface area contributed by atoms with Gasteiger partial charge in [0, 0.05) is 26.3 Å². The topological polar surface area (TPSA) is 67.0 Å². The first-order chi connectivity index (χ1) is 14.3. The quantitative estimate of drug-likeness (QED) is 0.277. The smallest absolute Gasteiger partial charge is 0.266 e. The second-order valence-corrected chi connectivity index (χ2v) is 8.11. The number of nitrogens with zero attached hydrogens (tertiary/aromatic N) is 2. The first-order valence-electron chi connectivity index (χ1n) is 9.36. The van der Waals surface area contributed by atoms with Crippen LogP contribution in [0.2, 0.25) is 0 Å². The lowest BCUT2D eigenvalue weighted by Gasteiger charge is -2.11. The molecular formula is C24H22IN3O2. The van der Waals surface area contributed by atoms with E-state index in [1.165, 1.54) is 9.13 Å². The van der Waals surface area contributed by atoms with Gasteiger partial charge < -0.3 is 14.6 Å². The zero-order valence-electron chi connectivity index (χ0n) is 17.3. The molecule has 152 valence electrons. The van der Waals surface area contributed by atoms with E-state index in [1.54, 1.807) is 37.5 Å². The number of methoxy groups -OCH3 is 1. The molecule has 0 bridgehead atoms. The molecule has 0 aliphatic carbocycles. The number of aromatic nitrogens is 1. The van der Waals surface area contributed by atoms with Crippen molar-refractivity contribution in [3.05, 3.63) is 80.2 Å². The number of aryl methyl sites for hydroxylation is 2. The van der Waals surface area contributed by atoms with Crippen molar-refractivity contribution in [3.8, 4) is 17.5 Å². The molecule has 2 aromatic carbocycles. The van der Waals surface area contributed by atoms with Crippen LogP contribution in [0.3, 0.4) is 0 Å². The fourth-order valence-corrected chi connectivity index (χ4v) is 3.61. The summed E-state index contributed by atoms with van der Waals surface area (Å²) in [6, 6.07) is 17.3. The molecule has 30 heavy (non-hydrogen) atoms. The molecule has 0 atom stereocenters. The number of rotatable bonds is 5. The van der Waals surface area contributed by atoms with Crippen molar-refractivity contribution in [2.24, 2.45) is 0 Å². The number of ether oxygens (including phenoxy) is 1. The summed E-state index contributed by atoms with van der Waals surface area (Å²) in [6.07, 6.45) is 1.64. The number of carbonyl (C=O) groups excluding carboxylic acids is 1. The molecule has 5 nitrogen and oxygen atoms in total. The molecule has 0 fully saturated rings. The van der Waals surface area contributed by atoms with E-state index in [2.05, 4.69) is 57.6 Å². The average molecular weight is 511 g/mol. The van der Waals surface area contributed by atoms with Crippen molar-refractivity contribution in [3.63, 3.8) is 0 Å². The van der Waals surface area contributed by atoms with Crippen LogP contribution in [0.1, 0.15) is 22.5 Å². The molecule has 0 aliphatic heterocycles. The lowest BCUT2D eigenvalue weighted by Crippen LogP contribution is -2.13. The third kappa shape index (κ3) is 4.57. The summed E-state index contributed by atoms with van der Waals surface area (Å²) in [5.74, 6) is 0.250. The van der Waals surface area contributed by atoms with Gasteiger partial charge >= 0.3 is 0 Å². The van der Waals surface area contributed by atoms with Crippen molar-refractivity contribution < 1.29 is 9.53 Å². The van der Waals surface area contributed by atoms with Crippen LogP contribution in [0.25, 0.3) is 11.8 Å². The number of nitriles is 1. The summed E-state index contributed by atoms with van der Waals surface area (Å²) in [4.78, 5) is 12.6. The molecule has 0 saturated heterocycles. The minimum atomic E-state index is -0.447. The van der Waals surface area contributed by atoms with Crippen LogP contribution >= 0.6 is 22.6 Å². The molecule has 1 heterocycles. The van der Waals surface area contributed by atoms with Gasteiger partial charge in [-0.25, -0.2) is 0 Å². The predicted octanol–water partition coefficient (Wildman–Crippen LogP) is 5.56. The van der Waals surface area contributed by atoms with Gasteiger partial charge in [-0.1, -0.05) is 0 Å². The fourth-order valence-electron chi connectivity index (χ4n) is 3.28. The molecule has 1 amide bonds. The third-order valence-corrected chi connectivity index (χ3v) is 6.09. The van der Waals surface area contributed by atoms with E-state index in [-0.39, 0.29) is 5.57 Å². The molecule has 0 aliphatic rings. The van der Waals surface area contributed by atoms with Crippen molar-refractivity contribution in [1.82, 2.24) is 4.57 Å². The highest BCUT2D eigenvalue weighted by Gasteiger charge is 2.14. The number of halogens is 1. The van der Waals surface area contributed by atoms with E-state index < -0.39 is 5.91 Å². The molecule has 0 saturated carbocycles. The van der Waals surface area contributed by atoms with E-state index in [9.17, 15) is 10.1 Å². The molecule has 6 heteroatoms. The van der Waals surface area contributed by atoms with Gasteiger partial charge in [0.25, 0.3) is 5.91 Å². The maximum Gasteiger partial charge on any atom is 0.266 e. The first kappa shape index (κ1) is 21.7. The fraction of sp³-hybridized carbons (Fsp3) is 0.167. The monoisotopic (exact) mass is 511 g/mol. The van der Waals surface area contributed by atoms with Gasteiger partial charge in [-0.3, -0.25) is 4.79 Å². The summed E-state index contributed by atoms with van der Waals surface area (Å²) in [5.41, 5.74) is 5.75. The number of carbonyl (C=O) groups is 1. The standard InChI is InChI=1S/C24H22IN3O2/c1-15-11-21(7-10-23(15)25)28-16(2)12-18(17(28)3)13-19(14-26)24(29)27-20-5-8-22(30-4)9-6-20/h5-13H,1-4H3,(H,27,29)/b19-13-. The van der Waals surface area contributed by atoms with Crippen molar-refractivity contribution in [1.29, 1.82) is 5.26 Å². The van der Waals surface area contributed by atoms with E-state index in [4.69, 9.17) is 4.74 Å². The van der Waals surface area contributed by atoms with Crippen LogP contribution in [0.5, 0.6) is 5.75 Å². The van der Waals surface area contributed by atoms with Crippen LogP contribution < -0.4 is 10.1 Å². The Morgan fingerprint density at radius 2 is 1.83 bits per heavy atom. The number of anilines is 1. The van der Waals surface area contributed by atoms with E-state index in [0.29, 0.717) is 11.4 Å². The largest absolute Gasteiger partial charge is 0.497 e. The summed E-state index contributed by atoms with van der Waals surface area (Å²) < 4.78 is 8.46. The van der Waals surface area contributed by atoms with Gasteiger partial charge in [0.05, 0.1) is 7.11 Å². The Labute approximate surface area is 190 Å². The predicted molar refractivity (Wildman–Crippen MR) is 128 cm³/mol. The lowest BCUT2D eigenvalue weighted by atomic mass is 10.1. The van der Waals surface area contributed by atoms with Gasteiger partial charge in [-0.2, -0.15) is 5.26 Å². The summed E-state index contributed by atoms with van der Waals surface area (Å²) in [6.45, 7) is 6.08. The third-order valence-electron chi connectivity index (χ3n) is 4.88. The molecule has 0 unspecified atom stereocenters. The van der Waals surface area contributed by atoms with E-state index >= 15 is 0 Å². The lowest BCUT2D eigenvalue weighted by molar-refractivity contribution is -0.112. The molecule has 3 aromatic rings. The van der Waals surface area contributed by atoms with Gasteiger partial charge in [0.1, 0.15) is 17.4 Å². The SMILES string of the molecule is COc1ccc(NC(=O)/C(C#N)=C\c2cc(C)n(-c3ccc(I)c(C)c3)c2C)cc1. The highest BCUT2D eigenvalue weighted by molar-refractivity contribution is 14.1. The number of hydrogen-bond donors (Lipinski definition) is 1. The molecule has 3 rings (SSSR count). The Morgan fingerprint density at radius 3 is 2.43 bits per heavy atom. The van der Waals surface area contributed by atoms with Crippen molar-refractivity contribution >= 4 is 40.3 Å². The second kappa shape index (κ2) is 9.18. The Morgan fingerprint density at radius 1 is 1.13 bits per heavy atom. The zero-order valence-corrected chi connectivity index (χ0v) is 19.4. The summed E-state index contributed by atoms with van der Waals surface area (Å²) in [5, 5.41) is 12.3. The van der Waals surface area contributed by atoms with Gasteiger partial charge in [0.15, 0.2) is 0 Å². The number of amides is 1. The van der Waals surface area contributed by atoms with Crippen LogP contribution in [0.4, 0.5) is 5.69 Å². The van der Waals surface area contributed by atoms with E-state index in [1.807, 2.05) is 26.0 Å². The minimum Gasteiger partial charge on any atom is -0.497 e. The second-order valence-electron chi connectivity index (χ2n) is 6.95. The zero-order chi connectivity index (χ0) is 21.8. The van der Waals surface area contributed by atoms with Crippen LogP contribution in [-0.4, -0.2) is 17.6 Å². The molecule has 1 N–H and O–H groups in total. The van der Waals surface area contributed by atoms with Crippen molar-refractivity contribution in [2.45, 2.75) is 20.8 Å². The van der Waals surface area contributed by atoms with Gasteiger partial charge in [0.2, 0.25) is 0 Å². The normalized spacial score (nSPS) is 11.1. The molecule has 1 aromatic heterocycles. The number of nitrogens with one attached hydrogen (secondary N) is 1. The molecule has 0 radical (unpaired) electrons. The van der Waals surface area contributed by atoms with Gasteiger partial charge in [-0.05, 0) is 109 Å². The van der Waals surface area contributed by atoms with Crippen LogP contribution in [0.15, 0.2) is 54.1 Å². The molecular weight excluding hydrogens is 489 g/mol. The summed E-state index contributed by atoms with van der Waals surface area (Å²) >= 11 is 2.32. The highest BCUT2D eigenvalue weighted by Crippen LogP contribution is 2.25. The van der Waals surface area contributed by atoms with Crippen molar-refractivity contribution in [2.75, 3.05) is 12.4 Å². The average Bonchev–Trinajstić information content (AvgIpc) is 3.01. The highest BCUT2D eigenvalue weighted by atomic mass is 127. The van der Waals surface area contributed by atoms with Gasteiger partial charge in [-0.15, -0.1) is 0 Å². The first-order valence-corrected chi connectivity index (χ1v) is 10.4. The Bertz CT molecular complexity index is 1170. The minimum absolute atomic E-state index is 0.0462. The Kier molecular flexibility index (Phi) is 6.63. The Hall–Kier alpha value is -3.05. The molecule has 0 spiro atoms. The maximum absolute atomic E-state index is 12.6. The maximum atomic E-state index is 12.6.